The Balaban J connectivity index is 1.78. The van der Waals surface area contributed by atoms with E-state index in [9.17, 15) is 9.59 Å². The highest BCUT2D eigenvalue weighted by atomic mass is 16.6. The zero-order valence-corrected chi connectivity index (χ0v) is 15.4. The zero-order valence-electron chi connectivity index (χ0n) is 15.4. The first-order valence-corrected chi connectivity index (χ1v) is 8.19. The summed E-state index contributed by atoms with van der Waals surface area (Å²) in [7, 11) is 1.56. The Bertz CT molecular complexity index is 760. The minimum absolute atomic E-state index is 0.249. The molecular weight excluding hydrogens is 334 g/mol. The minimum Gasteiger partial charge on any atom is -0.497 e. The summed E-state index contributed by atoms with van der Waals surface area (Å²) in [6, 6.07) is 10.8. The molecule has 0 aromatic heterocycles. The van der Waals surface area contributed by atoms with Crippen LogP contribution in [0.25, 0.3) is 0 Å². The summed E-state index contributed by atoms with van der Waals surface area (Å²) in [6.45, 7) is 5.21. The van der Waals surface area contributed by atoms with Crippen molar-refractivity contribution < 1.29 is 23.8 Å². The monoisotopic (exact) mass is 357 g/mol. The van der Waals surface area contributed by atoms with Gasteiger partial charge >= 0.3 is 5.97 Å². The van der Waals surface area contributed by atoms with Gasteiger partial charge in [0, 0.05) is 5.69 Å². The fourth-order valence-electron chi connectivity index (χ4n) is 2.58. The van der Waals surface area contributed by atoms with Gasteiger partial charge in [-0.05, 0) is 56.2 Å². The van der Waals surface area contributed by atoms with E-state index in [-0.39, 0.29) is 13.2 Å². The van der Waals surface area contributed by atoms with Gasteiger partial charge in [0.05, 0.1) is 7.11 Å². The molecular formula is C20H23NO5. The van der Waals surface area contributed by atoms with E-state index in [1.165, 1.54) is 0 Å². The molecule has 1 amide bonds. The van der Waals surface area contributed by atoms with Crippen LogP contribution in [0.5, 0.6) is 11.5 Å². The molecule has 138 valence electrons. The Hall–Kier alpha value is -3.02. The molecule has 0 atom stereocenters. The molecule has 1 N–H and O–H groups in total. The first kappa shape index (κ1) is 19.3. The lowest BCUT2D eigenvalue weighted by Gasteiger charge is -2.13. The Morgan fingerprint density at radius 3 is 2.15 bits per heavy atom. The molecule has 6 heteroatoms. The van der Waals surface area contributed by atoms with Gasteiger partial charge in [0.25, 0.3) is 5.91 Å². The van der Waals surface area contributed by atoms with Crippen molar-refractivity contribution in [3.63, 3.8) is 0 Å². The molecule has 0 aliphatic heterocycles. The standard InChI is InChI=1S/C20H23NO5/c1-13-9-14(2)20(15(3)10-13)26-12-19(23)25-11-18(22)21-16-5-7-17(24-4)8-6-16/h5-10H,11-12H2,1-4H3,(H,21,22). The van der Waals surface area contributed by atoms with Crippen molar-refractivity contribution in [2.24, 2.45) is 0 Å². The van der Waals surface area contributed by atoms with Crippen LogP contribution in [-0.4, -0.2) is 32.2 Å². The normalized spacial score (nSPS) is 10.2. The fraction of sp³-hybridized carbons (Fsp3) is 0.300. The van der Waals surface area contributed by atoms with E-state index in [0.717, 1.165) is 16.7 Å². The van der Waals surface area contributed by atoms with Gasteiger partial charge in [-0.15, -0.1) is 0 Å². The van der Waals surface area contributed by atoms with Gasteiger partial charge in [0.15, 0.2) is 13.2 Å². The highest BCUT2D eigenvalue weighted by molar-refractivity contribution is 5.92. The summed E-state index contributed by atoms with van der Waals surface area (Å²) in [5.74, 6) is 0.323. The Morgan fingerprint density at radius 1 is 0.962 bits per heavy atom. The molecule has 2 aromatic carbocycles. The molecule has 0 aliphatic rings. The Kier molecular flexibility index (Phi) is 6.60. The number of carbonyl (C=O) groups excluding carboxylic acids is 2. The Morgan fingerprint density at radius 2 is 1.58 bits per heavy atom. The molecule has 0 aliphatic carbocycles. The zero-order chi connectivity index (χ0) is 19.1. The Labute approximate surface area is 153 Å². The predicted octanol–water partition coefficient (Wildman–Crippen LogP) is 3.18. The van der Waals surface area contributed by atoms with Crippen molar-refractivity contribution in [2.45, 2.75) is 20.8 Å². The predicted molar refractivity (Wildman–Crippen MR) is 98.7 cm³/mol. The van der Waals surface area contributed by atoms with Crippen molar-refractivity contribution in [3.8, 4) is 11.5 Å². The summed E-state index contributed by atoms with van der Waals surface area (Å²) in [5.41, 5.74) is 3.62. The molecule has 0 spiro atoms. The molecule has 0 radical (unpaired) electrons. The van der Waals surface area contributed by atoms with Gasteiger partial charge in [-0.25, -0.2) is 4.79 Å². The maximum atomic E-state index is 11.8. The van der Waals surface area contributed by atoms with Crippen molar-refractivity contribution in [2.75, 3.05) is 25.6 Å². The number of aryl methyl sites for hydroxylation is 3. The maximum Gasteiger partial charge on any atom is 0.344 e. The van der Waals surface area contributed by atoms with Crippen molar-refractivity contribution in [1.82, 2.24) is 0 Å². The van der Waals surface area contributed by atoms with E-state index in [1.54, 1.807) is 31.4 Å². The SMILES string of the molecule is COc1ccc(NC(=O)COC(=O)COc2c(C)cc(C)cc2C)cc1. The largest absolute Gasteiger partial charge is 0.497 e. The summed E-state index contributed by atoms with van der Waals surface area (Å²) in [6.07, 6.45) is 0. The maximum absolute atomic E-state index is 11.8. The summed E-state index contributed by atoms with van der Waals surface area (Å²) < 4.78 is 15.5. The number of rotatable bonds is 7. The third-order valence-electron chi connectivity index (χ3n) is 3.68. The quantitative estimate of drug-likeness (QED) is 0.771. The highest BCUT2D eigenvalue weighted by Crippen LogP contribution is 2.24. The molecule has 0 fully saturated rings. The average Bonchev–Trinajstić information content (AvgIpc) is 2.59. The van der Waals surface area contributed by atoms with E-state index in [4.69, 9.17) is 14.2 Å². The fourth-order valence-corrected chi connectivity index (χ4v) is 2.58. The molecule has 6 nitrogen and oxygen atoms in total. The molecule has 0 unspecified atom stereocenters. The molecule has 2 aromatic rings. The van der Waals surface area contributed by atoms with Gasteiger partial charge in [-0.1, -0.05) is 17.7 Å². The number of anilines is 1. The summed E-state index contributed by atoms with van der Waals surface area (Å²) in [4.78, 5) is 23.6. The van der Waals surface area contributed by atoms with Crippen LogP contribution in [-0.2, 0) is 14.3 Å². The second-order valence-corrected chi connectivity index (χ2v) is 5.95. The number of methoxy groups -OCH3 is 1. The number of esters is 1. The van der Waals surface area contributed by atoms with E-state index < -0.39 is 11.9 Å². The van der Waals surface area contributed by atoms with E-state index in [1.807, 2.05) is 32.9 Å². The topological polar surface area (TPSA) is 73.9 Å². The summed E-state index contributed by atoms with van der Waals surface area (Å²) >= 11 is 0. The number of ether oxygens (including phenoxy) is 3. The molecule has 26 heavy (non-hydrogen) atoms. The lowest BCUT2D eigenvalue weighted by molar-refractivity contribution is -0.149. The number of hydrogen-bond donors (Lipinski definition) is 1. The minimum atomic E-state index is -0.603. The van der Waals surface area contributed by atoms with E-state index >= 15 is 0 Å². The second-order valence-electron chi connectivity index (χ2n) is 5.95. The molecule has 0 bridgehead atoms. The molecule has 0 heterocycles. The smallest absolute Gasteiger partial charge is 0.344 e. The number of benzene rings is 2. The third-order valence-corrected chi connectivity index (χ3v) is 3.68. The van der Waals surface area contributed by atoms with Gasteiger partial charge in [0.1, 0.15) is 11.5 Å². The first-order chi connectivity index (χ1) is 12.4. The van der Waals surface area contributed by atoms with E-state index in [0.29, 0.717) is 17.2 Å². The lowest BCUT2D eigenvalue weighted by atomic mass is 10.1. The van der Waals surface area contributed by atoms with Gasteiger partial charge in [-0.3, -0.25) is 4.79 Å². The van der Waals surface area contributed by atoms with Gasteiger partial charge in [-0.2, -0.15) is 0 Å². The average molecular weight is 357 g/mol. The van der Waals surface area contributed by atoms with Crippen LogP contribution in [0.4, 0.5) is 5.69 Å². The number of hydrogen-bond acceptors (Lipinski definition) is 5. The number of nitrogens with one attached hydrogen (secondary N) is 1. The van der Waals surface area contributed by atoms with Crippen LogP contribution in [0.2, 0.25) is 0 Å². The van der Waals surface area contributed by atoms with Crippen LogP contribution in [0.1, 0.15) is 16.7 Å². The van der Waals surface area contributed by atoms with Gasteiger partial charge < -0.3 is 19.5 Å². The van der Waals surface area contributed by atoms with E-state index in [2.05, 4.69) is 5.32 Å². The third kappa shape index (κ3) is 5.51. The van der Waals surface area contributed by atoms with Gasteiger partial charge in [0.2, 0.25) is 0 Å². The van der Waals surface area contributed by atoms with Crippen LogP contribution < -0.4 is 14.8 Å². The molecule has 0 saturated heterocycles. The van der Waals surface area contributed by atoms with Crippen LogP contribution >= 0.6 is 0 Å². The number of amides is 1. The second kappa shape index (κ2) is 8.89. The van der Waals surface area contributed by atoms with Crippen LogP contribution in [0, 0.1) is 20.8 Å². The summed E-state index contributed by atoms with van der Waals surface area (Å²) in [5, 5.41) is 2.63. The van der Waals surface area contributed by atoms with Crippen molar-refractivity contribution >= 4 is 17.6 Å². The lowest BCUT2D eigenvalue weighted by Crippen LogP contribution is -2.23. The molecule has 0 saturated carbocycles. The van der Waals surface area contributed by atoms with Crippen LogP contribution in [0.15, 0.2) is 36.4 Å². The van der Waals surface area contributed by atoms with Crippen molar-refractivity contribution in [3.05, 3.63) is 53.1 Å². The molecule has 2 rings (SSSR count). The van der Waals surface area contributed by atoms with Crippen molar-refractivity contribution in [1.29, 1.82) is 0 Å². The highest BCUT2D eigenvalue weighted by Gasteiger charge is 2.11. The first-order valence-electron chi connectivity index (χ1n) is 8.19. The van der Waals surface area contributed by atoms with Crippen LogP contribution in [0.3, 0.4) is 0 Å². The number of carbonyl (C=O) groups is 2.